The molecular formula is C21H20N8O4. The number of hydrogen-bond acceptors (Lipinski definition) is 10. The number of amides is 1. The van der Waals surface area contributed by atoms with Gasteiger partial charge in [0.05, 0.1) is 12.3 Å². The molecule has 1 amide bonds. The molecule has 0 spiro atoms. The van der Waals surface area contributed by atoms with E-state index in [-0.39, 0.29) is 23.1 Å². The zero-order valence-electron chi connectivity index (χ0n) is 17.8. The van der Waals surface area contributed by atoms with Crippen LogP contribution in [0.4, 0.5) is 5.82 Å². The Bertz CT molecular complexity index is 1330. The van der Waals surface area contributed by atoms with Gasteiger partial charge in [0, 0.05) is 11.1 Å². The van der Waals surface area contributed by atoms with Crippen molar-refractivity contribution < 1.29 is 19.3 Å². The number of ether oxygens (including phenoxy) is 1. The van der Waals surface area contributed by atoms with Crippen LogP contribution in [0.2, 0.25) is 0 Å². The number of nitrogens with two attached hydrogens (primary N) is 1. The molecule has 12 heteroatoms. The summed E-state index contributed by atoms with van der Waals surface area (Å²) in [5.74, 6) is 0.127. The largest absolute Gasteiger partial charge is 0.508 e. The Morgan fingerprint density at radius 3 is 2.79 bits per heavy atom. The van der Waals surface area contributed by atoms with E-state index in [0.717, 1.165) is 0 Å². The summed E-state index contributed by atoms with van der Waals surface area (Å²) in [6.45, 7) is 4.03. The molecule has 2 aromatic heterocycles. The fraction of sp³-hybridized carbons (Fsp3) is 0.143. The molecule has 0 aliphatic carbocycles. The fourth-order valence-electron chi connectivity index (χ4n) is 3.06. The Kier molecular flexibility index (Phi) is 5.98. The summed E-state index contributed by atoms with van der Waals surface area (Å²) in [6.07, 6.45) is 0. The second-order valence-electron chi connectivity index (χ2n) is 6.82. The number of rotatable bonds is 7. The number of aromatic nitrogens is 5. The minimum absolute atomic E-state index is 0.0215. The van der Waals surface area contributed by atoms with Crippen molar-refractivity contribution in [3.63, 3.8) is 0 Å². The van der Waals surface area contributed by atoms with Gasteiger partial charge in [-0.25, -0.2) is 10.1 Å². The second kappa shape index (κ2) is 9.18. The van der Waals surface area contributed by atoms with Gasteiger partial charge >= 0.3 is 0 Å². The van der Waals surface area contributed by atoms with Gasteiger partial charge in [-0.2, -0.15) is 9.78 Å². The van der Waals surface area contributed by atoms with Crippen LogP contribution in [0.25, 0.3) is 17.1 Å². The number of phenolic OH excluding ortho intramolecular Hbond substituents is 1. The van der Waals surface area contributed by atoms with Gasteiger partial charge in [-0.1, -0.05) is 29.5 Å². The highest BCUT2D eigenvalue weighted by Crippen LogP contribution is 2.29. The third-order valence-corrected chi connectivity index (χ3v) is 4.59. The smallest absolute Gasteiger partial charge is 0.294 e. The minimum Gasteiger partial charge on any atom is -0.508 e. The standard InChI is InChI=1S/C21H20N8O4/c1-3-32-16-9-5-7-14(11-16)18-17(24-28-29(18)20-19(22)26-33-27-20)21(31)25-23-12(2)13-6-4-8-15(30)10-13/h4-11,30H,3H2,1-2H3,(H2,22,26)(H,25,31)/b23-12+. The second-order valence-corrected chi connectivity index (χ2v) is 6.82. The Balaban J connectivity index is 1.73. The van der Waals surface area contributed by atoms with E-state index < -0.39 is 5.91 Å². The zero-order valence-corrected chi connectivity index (χ0v) is 17.8. The number of anilines is 1. The molecular weight excluding hydrogens is 428 g/mol. The lowest BCUT2D eigenvalue weighted by molar-refractivity contribution is 0.0950. The first-order valence-corrected chi connectivity index (χ1v) is 9.89. The molecule has 2 aromatic carbocycles. The third kappa shape index (κ3) is 4.49. The number of benzene rings is 2. The summed E-state index contributed by atoms with van der Waals surface area (Å²) in [7, 11) is 0. The molecule has 4 aromatic rings. The van der Waals surface area contributed by atoms with E-state index in [1.54, 1.807) is 49.4 Å². The lowest BCUT2D eigenvalue weighted by Gasteiger charge is -2.08. The molecule has 33 heavy (non-hydrogen) atoms. The van der Waals surface area contributed by atoms with Crippen LogP contribution in [0.1, 0.15) is 29.9 Å². The van der Waals surface area contributed by atoms with E-state index in [1.165, 1.54) is 10.7 Å². The zero-order chi connectivity index (χ0) is 23.4. The number of hydrazone groups is 1. The maximum Gasteiger partial charge on any atom is 0.294 e. The van der Waals surface area contributed by atoms with Gasteiger partial charge in [-0.15, -0.1) is 5.10 Å². The molecule has 4 rings (SSSR count). The minimum atomic E-state index is -0.618. The summed E-state index contributed by atoms with van der Waals surface area (Å²) in [5.41, 5.74) is 10.3. The Morgan fingerprint density at radius 2 is 2.06 bits per heavy atom. The highest BCUT2D eigenvalue weighted by Gasteiger charge is 2.25. The van der Waals surface area contributed by atoms with Gasteiger partial charge in [0.1, 0.15) is 17.2 Å². The van der Waals surface area contributed by atoms with Gasteiger partial charge in [-0.3, -0.25) is 4.79 Å². The monoisotopic (exact) mass is 448 g/mol. The fourth-order valence-corrected chi connectivity index (χ4v) is 3.06. The van der Waals surface area contributed by atoms with Crippen molar-refractivity contribution in [3.05, 3.63) is 59.8 Å². The first kappa shape index (κ1) is 21.5. The number of carbonyl (C=O) groups excluding carboxylic acids is 1. The van der Waals surface area contributed by atoms with Crippen molar-refractivity contribution in [2.45, 2.75) is 13.8 Å². The molecule has 0 saturated heterocycles. The molecule has 0 unspecified atom stereocenters. The first-order chi connectivity index (χ1) is 16.0. The number of hydrogen-bond donors (Lipinski definition) is 3. The molecule has 0 bridgehead atoms. The number of aromatic hydroxyl groups is 1. The summed E-state index contributed by atoms with van der Waals surface area (Å²) < 4.78 is 11.5. The first-order valence-electron chi connectivity index (χ1n) is 9.89. The van der Waals surface area contributed by atoms with E-state index in [9.17, 15) is 9.90 Å². The van der Waals surface area contributed by atoms with Crippen molar-refractivity contribution >= 4 is 17.4 Å². The van der Waals surface area contributed by atoms with E-state index in [2.05, 4.69) is 35.8 Å². The third-order valence-electron chi connectivity index (χ3n) is 4.59. The van der Waals surface area contributed by atoms with Gasteiger partial charge in [-0.05, 0) is 48.4 Å². The normalized spacial score (nSPS) is 11.4. The molecule has 0 aliphatic heterocycles. The highest BCUT2D eigenvalue weighted by atomic mass is 16.6. The summed E-state index contributed by atoms with van der Waals surface area (Å²) >= 11 is 0. The molecule has 2 heterocycles. The average molecular weight is 448 g/mol. The predicted molar refractivity (Wildman–Crippen MR) is 118 cm³/mol. The molecule has 0 fully saturated rings. The van der Waals surface area contributed by atoms with Crippen molar-refractivity contribution in [1.29, 1.82) is 0 Å². The molecule has 168 valence electrons. The highest BCUT2D eigenvalue weighted by molar-refractivity contribution is 6.02. The molecule has 0 aliphatic rings. The van der Waals surface area contributed by atoms with Gasteiger partial charge in [0.25, 0.3) is 5.91 Å². The Labute approximate surface area is 187 Å². The summed E-state index contributed by atoms with van der Waals surface area (Å²) in [6, 6.07) is 13.6. The topological polar surface area (TPSA) is 167 Å². The van der Waals surface area contributed by atoms with E-state index in [1.807, 2.05) is 6.92 Å². The summed E-state index contributed by atoms with van der Waals surface area (Å²) in [4.78, 5) is 13.0. The molecule has 0 atom stereocenters. The maximum atomic E-state index is 13.0. The van der Waals surface area contributed by atoms with Gasteiger partial charge in [0.2, 0.25) is 11.6 Å². The number of nitrogen functional groups attached to an aromatic ring is 1. The molecule has 0 radical (unpaired) electrons. The molecule has 4 N–H and O–H groups in total. The van der Waals surface area contributed by atoms with Crippen LogP contribution in [0.3, 0.4) is 0 Å². The van der Waals surface area contributed by atoms with E-state index in [4.69, 9.17) is 10.5 Å². The van der Waals surface area contributed by atoms with Crippen LogP contribution in [0, 0.1) is 0 Å². The van der Waals surface area contributed by atoms with Crippen LogP contribution in [0.5, 0.6) is 11.5 Å². The van der Waals surface area contributed by atoms with Crippen molar-refractivity contribution in [2.75, 3.05) is 12.3 Å². The van der Waals surface area contributed by atoms with Crippen LogP contribution in [-0.2, 0) is 0 Å². The average Bonchev–Trinajstić information content (AvgIpc) is 3.43. The van der Waals surface area contributed by atoms with Crippen LogP contribution >= 0.6 is 0 Å². The van der Waals surface area contributed by atoms with Crippen LogP contribution in [0.15, 0.2) is 58.3 Å². The quantitative estimate of drug-likeness (QED) is 0.283. The predicted octanol–water partition coefficient (Wildman–Crippen LogP) is 2.16. The molecule has 12 nitrogen and oxygen atoms in total. The number of phenols is 1. The lowest BCUT2D eigenvalue weighted by atomic mass is 10.1. The van der Waals surface area contributed by atoms with Crippen LogP contribution < -0.4 is 15.9 Å². The lowest BCUT2D eigenvalue weighted by Crippen LogP contribution is -2.21. The number of nitrogens with zero attached hydrogens (tertiary/aromatic N) is 6. The van der Waals surface area contributed by atoms with Crippen molar-refractivity contribution in [1.82, 2.24) is 30.7 Å². The Hall–Kier alpha value is -4.74. The Morgan fingerprint density at radius 1 is 1.24 bits per heavy atom. The number of carbonyl (C=O) groups is 1. The van der Waals surface area contributed by atoms with Crippen LogP contribution in [-0.4, -0.2) is 48.6 Å². The van der Waals surface area contributed by atoms with Crippen molar-refractivity contribution in [2.24, 2.45) is 5.10 Å². The van der Waals surface area contributed by atoms with E-state index >= 15 is 0 Å². The van der Waals surface area contributed by atoms with E-state index in [0.29, 0.717) is 34.9 Å². The number of nitrogens with one attached hydrogen (secondary N) is 1. The van der Waals surface area contributed by atoms with Gasteiger partial charge < -0.3 is 15.6 Å². The molecule has 0 saturated carbocycles. The van der Waals surface area contributed by atoms with Gasteiger partial charge in [0.15, 0.2) is 5.69 Å². The van der Waals surface area contributed by atoms with Crippen molar-refractivity contribution in [3.8, 4) is 28.6 Å². The SMILES string of the molecule is CCOc1cccc(-c2c(C(=O)N/N=C(\C)c3cccc(O)c3)nnn2-c2nonc2N)c1. The maximum absolute atomic E-state index is 13.0. The summed E-state index contributed by atoms with van der Waals surface area (Å²) in [5, 5.41) is 29.1.